The number of esters is 1. The third-order valence-electron chi connectivity index (χ3n) is 5.99. The molecule has 0 heterocycles. The monoisotopic (exact) mass is 501 g/mol. The molecule has 186 valence electrons. The molecule has 0 spiro atoms. The van der Waals surface area contributed by atoms with Gasteiger partial charge in [0.15, 0.2) is 0 Å². The van der Waals surface area contributed by atoms with E-state index in [4.69, 9.17) is 4.74 Å². The topological polar surface area (TPSA) is 96.9 Å². The molecular weight excluding hydrogens is 478 g/mol. The van der Waals surface area contributed by atoms with Crippen LogP contribution in [0.25, 0.3) is 21.5 Å². The van der Waals surface area contributed by atoms with Gasteiger partial charge >= 0.3 is 17.8 Å². The van der Waals surface area contributed by atoms with Crippen molar-refractivity contribution in [2.75, 3.05) is 5.32 Å². The van der Waals surface area contributed by atoms with Crippen molar-refractivity contribution in [1.29, 1.82) is 0 Å². The molecule has 5 aromatic rings. The average Bonchev–Trinajstić information content (AvgIpc) is 2.94. The van der Waals surface area contributed by atoms with Crippen molar-refractivity contribution in [2.24, 2.45) is 5.10 Å². The predicted molar refractivity (Wildman–Crippen MR) is 148 cm³/mol. The smallest absolute Gasteiger partial charge is 0.343 e. The minimum atomic E-state index is -0.937. The Balaban J connectivity index is 1.36. The van der Waals surface area contributed by atoms with E-state index >= 15 is 0 Å². The van der Waals surface area contributed by atoms with E-state index < -0.39 is 17.8 Å². The van der Waals surface area contributed by atoms with Gasteiger partial charge in [0.05, 0.1) is 11.8 Å². The van der Waals surface area contributed by atoms with Crippen LogP contribution < -0.4 is 15.5 Å². The summed E-state index contributed by atoms with van der Waals surface area (Å²) >= 11 is 0. The third-order valence-corrected chi connectivity index (χ3v) is 5.99. The molecular formula is C31H23N3O4. The first kappa shape index (κ1) is 24.4. The van der Waals surface area contributed by atoms with E-state index in [1.165, 1.54) is 6.21 Å². The highest BCUT2D eigenvalue weighted by Gasteiger charge is 2.16. The fourth-order valence-corrected chi connectivity index (χ4v) is 4.15. The van der Waals surface area contributed by atoms with Gasteiger partial charge in [0.2, 0.25) is 0 Å². The highest BCUT2D eigenvalue weighted by molar-refractivity contribution is 6.40. The molecule has 0 saturated heterocycles. The molecule has 0 aliphatic rings. The van der Waals surface area contributed by atoms with E-state index in [0.29, 0.717) is 16.8 Å². The number of nitrogens with zero attached hydrogens (tertiary/aromatic N) is 1. The van der Waals surface area contributed by atoms with Crippen molar-refractivity contribution in [3.63, 3.8) is 0 Å². The summed E-state index contributed by atoms with van der Waals surface area (Å²) in [5.41, 5.74) is 4.62. The Morgan fingerprint density at radius 1 is 0.737 bits per heavy atom. The lowest BCUT2D eigenvalue weighted by Gasteiger charge is -2.11. The number of aryl methyl sites for hydroxylation is 1. The number of hydrogen-bond donors (Lipinski definition) is 2. The van der Waals surface area contributed by atoms with E-state index in [1.54, 1.807) is 36.4 Å². The number of ether oxygens (including phenoxy) is 1. The Morgan fingerprint density at radius 3 is 2.21 bits per heavy atom. The maximum atomic E-state index is 12.8. The summed E-state index contributed by atoms with van der Waals surface area (Å²) in [7, 11) is 0. The number of carbonyl (C=O) groups is 3. The Kier molecular flexibility index (Phi) is 6.91. The van der Waals surface area contributed by atoms with Crippen LogP contribution in [0.2, 0.25) is 0 Å². The summed E-state index contributed by atoms with van der Waals surface area (Å²) in [6, 6.07) is 31.1. The minimum absolute atomic E-state index is 0.272. The van der Waals surface area contributed by atoms with Gasteiger partial charge in [-0.3, -0.25) is 9.59 Å². The first-order valence-corrected chi connectivity index (χ1v) is 11.9. The SMILES string of the molecule is Cc1cccc(C(=O)Oc2ccc3ccccc3c2C=NNC(=O)C(=O)Nc2cccc3ccccc23)c1. The fraction of sp³-hybridized carbons (Fsp3) is 0.0323. The molecule has 0 saturated carbocycles. The lowest BCUT2D eigenvalue weighted by atomic mass is 10.0. The molecule has 2 N–H and O–H groups in total. The zero-order valence-corrected chi connectivity index (χ0v) is 20.5. The second-order valence-corrected chi connectivity index (χ2v) is 8.64. The summed E-state index contributed by atoms with van der Waals surface area (Å²) in [4.78, 5) is 37.8. The van der Waals surface area contributed by atoms with Crippen molar-refractivity contribution >= 4 is 51.2 Å². The Bertz CT molecular complexity index is 1720. The van der Waals surface area contributed by atoms with Crippen molar-refractivity contribution in [3.05, 3.63) is 120 Å². The van der Waals surface area contributed by atoms with Crippen LogP contribution in [0.1, 0.15) is 21.5 Å². The third kappa shape index (κ3) is 5.27. The Hall–Kier alpha value is -5.30. The van der Waals surface area contributed by atoms with Crippen LogP contribution in [0.4, 0.5) is 5.69 Å². The number of benzene rings is 5. The van der Waals surface area contributed by atoms with Crippen LogP contribution in [0.3, 0.4) is 0 Å². The van der Waals surface area contributed by atoms with Crippen LogP contribution in [-0.2, 0) is 9.59 Å². The van der Waals surface area contributed by atoms with Crippen LogP contribution in [0.15, 0.2) is 108 Å². The number of anilines is 1. The first-order chi connectivity index (χ1) is 18.5. The van der Waals surface area contributed by atoms with E-state index in [1.807, 2.05) is 73.7 Å². The van der Waals surface area contributed by atoms with E-state index in [-0.39, 0.29) is 5.75 Å². The highest BCUT2D eigenvalue weighted by atomic mass is 16.5. The van der Waals surface area contributed by atoms with Crippen molar-refractivity contribution in [2.45, 2.75) is 6.92 Å². The number of amides is 2. The molecule has 7 nitrogen and oxygen atoms in total. The predicted octanol–water partition coefficient (Wildman–Crippen LogP) is 5.61. The number of hydrogen-bond acceptors (Lipinski definition) is 5. The standard InChI is InChI=1S/C31H23N3O4/c1-20-8-6-12-23(18-20)31(37)38-28-17-16-22-10-2-4-13-24(22)26(28)19-32-34-30(36)29(35)33-27-15-7-11-21-9-3-5-14-25(21)27/h2-19H,1H3,(H,33,35)(H,34,36). The number of rotatable bonds is 5. The van der Waals surface area contributed by atoms with Gasteiger partial charge in [-0.25, -0.2) is 10.2 Å². The summed E-state index contributed by atoms with van der Waals surface area (Å²) < 4.78 is 5.70. The minimum Gasteiger partial charge on any atom is -0.422 e. The Labute approximate surface area is 218 Å². The summed E-state index contributed by atoms with van der Waals surface area (Å²) in [5, 5.41) is 10.0. The van der Waals surface area contributed by atoms with E-state index in [9.17, 15) is 14.4 Å². The maximum Gasteiger partial charge on any atom is 0.343 e. The first-order valence-electron chi connectivity index (χ1n) is 11.9. The molecule has 0 aliphatic carbocycles. The van der Waals surface area contributed by atoms with E-state index in [0.717, 1.165) is 27.1 Å². The summed E-state index contributed by atoms with van der Waals surface area (Å²) in [6.07, 6.45) is 1.37. The van der Waals surface area contributed by atoms with Gasteiger partial charge in [-0.05, 0) is 47.3 Å². The maximum absolute atomic E-state index is 12.8. The number of fused-ring (bicyclic) bond motifs is 2. The van der Waals surface area contributed by atoms with Crippen LogP contribution >= 0.6 is 0 Å². The van der Waals surface area contributed by atoms with Crippen LogP contribution in [0.5, 0.6) is 5.75 Å². The van der Waals surface area contributed by atoms with Crippen LogP contribution in [0, 0.1) is 6.92 Å². The Morgan fingerprint density at radius 2 is 1.42 bits per heavy atom. The molecule has 2 amide bonds. The molecule has 0 radical (unpaired) electrons. The fourth-order valence-electron chi connectivity index (χ4n) is 4.15. The lowest BCUT2D eigenvalue weighted by Crippen LogP contribution is -2.32. The van der Waals surface area contributed by atoms with Crippen molar-refractivity contribution < 1.29 is 19.1 Å². The van der Waals surface area contributed by atoms with Gasteiger partial charge in [0, 0.05) is 16.6 Å². The molecule has 0 fully saturated rings. The van der Waals surface area contributed by atoms with E-state index in [2.05, 4.69) is 15.8 Å². The van der Waals surface area contributed by atoms with Gasteiger partial charge < -0.3 is 10.1 Å². The molecule has 5 rings (SSSR count). The van der Waals surface area contributed by atoms with Gasteiger partial charge in [0.1, 0.15) is 5.75 Å². The molecule has 0 aromatic heterocycles. The summed E-state index contributed by atoms with van der Waals surface area (Å²) in [6.45, 7) is 1.89. The highest BCUT2D eigenvalue weighted by Crippen LogP contribution is 2.28. The average molecular weight is 502 g/mol. The van der Waals surface area contributed by atoms with Gasteiger partial charge in [-0.1, -0.05) is 84.4 Å². The zero-order chi connectivity index (χ0) is 26.5. The van der Waals surface area contributed by atoms with Gasteiger partial charge in [0.25, 0.3) is 0 Å². The largest absolute Gasteiger partial charge is 0.422 e. The normalized spacial score (nSPS) is 11.0. The van der Waals surface area contributed by atoms with Gasteiger partial charge in [-0.15, -0.1) is 0 Å². The van der Waals surface area contributed by atoms with Gasteiger partial charge in [-0.2, -0.15) is 5.10 Å². The quantitative estimate of drug-likeness (QED) is 0.108. The van der Waals surface area contributed by atoms with Crippen molar-refractivity contribution in [1.82, 2.24) is 5.43 Å². The number of nitrogens with one attached hydrogen (secondary N) is 2. The number of carbonyl (C=O) groups excluding carboxylic acids is 3. The lowest BCUT2D eigenvalue weighted by molar-refractivity contribution is -0.136. The number of hydrazone groups is 1. The second-order valence-electron chi connectivity index (χ2n) is 8.64. The van der Waals surface area contributed by atoms with Crippen LogP contribution in [-0.4, -0.2) is 24.0 Å². The molecule has 0 atom stereocenters. The molecule has 38 heavy (non-hydrogen) atoms. The molecule has 0 aliphatic heterocycles. The zero-order valence-electron chi connectivity index (χ0n) is 20.5. The molecule has 5 aromatic carbocycles. The summed E-state index contributed by atoms with van der Waals surface area (Å²) in [5.74, 6) is -2.04. The second kappa shape index (κ2) is 10.8. The molecule has 0 unspecified atom stereocenters. The molecule has 0 bridgehead atoms. The molecule has 7 heteroatoms. The van der Waals surface area contributed by atoms with Crippen molar-refractivity contribution in [3.8, 4) is 5.75 Å².